The Hall–Kier alpha value is -2.02. The van der Waals surface area contributed by atoms with Gasteiger partial charge in [0.2, 0.25) is 10.9 Å². The van der Waals surface area contributed by atoms with E-state index in [1.54, 1.807) is 21.3 Å². The number of aromatic nitrogens is 2. The van der Waals surface area contributed by atoms with Crippen molar-refractivity contribution in [2.75, 3.05) is 59.0 Å². The zero-order chi connectivity index (χ0) is 22.2. The third-order valence-corrected chi connectivity index (χ3v) is 5.96. The molecule has 0 saturated carbocycles. The Labute approximate surface area is 211 Å². The molecule has 1 aliphatic heterocycles. The van der Waals surface area contributed by atoms with E-state index in [0.717, 1.165) is 61.6 Å². The number of halogens is 1. The number of methoxy groups -OCH3 is 3. The van der Waals surface area contributed by atoms with E-state index in [2.05, 4.69) is 38.3 Å². The highest BCUT2D eigenvalue weighted by Gasteiger charge is 2.22. The highest BCUT2D eigenvalue weighted by Crippen LogP contribution is 2.40. The minimum absolute atomic E-state index is 0. The molecule has 32 heavy (non-hydrogen) atoms. The van der Waals surface area contributed by atoms with Gasteiger partial charge in [-0.1, -0.05) is 6.92 Å². The van der Waals surface area contributed by atoms with E-state index in [0.29, 0.717) is 23.8 Å². The lowest BCUT2D eigenvalue weighted by atomic mass is 10.1. The molecule has 1 N–H and O–H groups in total. The van der Waals surface area contributed by atoms with Gasteiger partial charge in [0.1, 0.15) is 5.82 Å². The summed E-state index contributed by atoms with van der Waals surface area (Å²) in [5.74, 6) is 3.68. The number of aryl methyl sites for hydroxylation is 1. The first-order chi connectivity index (χ1) is 15.1. The lowest BCUT2D eigenvalue weighted by molar-refractivity contribution is 0.322. The summed E-state index contributed by atoms with van der Waals surface area (Å²) in [4.78, 5) is 14.1. The second-order valence-corrected chi connectivity index (χ2v) is 7.71. The monoisotopic (exact) mass is 576 g/mol. The van der Waals surface area contributed by atoms with E-state index < -0.39 is 0 Å². The van der Waals surface area contributed by atoms with Crippen molar-refractivity contribution in [1.29, 1.82) is 0 Å². The molecule has 9 nitrogen and oxygen atoms in total. The third kappa shape index (κ3) is 6.06. The molecule has 0 bridgehead atoms. The maximum Gasteiger partial charge on any atom is 0.205 e. The van der Waals surface area contributed by atoms with Gasteiger partial charge >= 0.3 is 0 Å². The zero-order valence-corrected chi connectivity index (χ0v) is 22.5. The van der Waals surface area contributed by atoms with Gasteiger partial charge in [-0.25, -0.2) is 9.98 Å². The normalized spacial score (nSPS) is 14.1. The Morgan fingerprint density at radius 1 is 1.06 bits per heavy atom. The van der Waals surface area contributed by atoms with E-state index in [1.807, 2.05) is 12.1 Å². The van der Waals surface area contributed by atoms with Crippen LogP contribution in [0.4, 0.5) is 5.13 Å². The van der Waals surface area contributed by atoms with Crippen LogP contribution >= 0.6 is 35.5 Å². The molecule has 1 aromatic carbocycles. The fourth-order valence-corrected chi connectivity index (χ4v) is 4.30. The molecule has 2 aromatic rings. The lowest BCUT2D eigenvalue weighted by Crippen LogP contribution is -2.52. The van der Waals surface area contributed by atoms with Crippen molar-refractivity contribution in [3.63, 3.8) is 0 Å². The maximum absolute atomic E-state index is 5.60. The number of piperazine rings is 1. The molecule has 1 aromatic heterocycles. The van der Waals surface area contributed by atoms with Crippen LogP contribution in [0.1, 0.15) is 25.2 Å². The van der Waals surface area contributed by atoms with Gasteiger partial charge in [0, 0.05) is 56.2 Å². The van der Waals surface area contributed by atoms with E-state index in [1.165, 1.54) is 11.5 Å². The molecule has 1 fully saturated rings. The molecule has 178 valence electrons. The van der Waals surface area contributed by atoms with E-state index in [4.69, 9.17) is 19.2 Å². The number of guanidine groups is 1. The number of rotatable bonds is 8. The molecule has 0 spiro atoms. The van der Waals surface area contributed by atoms with Gasteiger partial charge in [0.15, 0.2) is 17.5 Å². The Bertz CT molecular complexity index is 886. The predicted octanol–water partition coefficient (Wildman–Crippen LogP) is 3.03. The van der Waals surface area contributed by atoms with Gasteiger partial charge in [0.05, 0.1) is 27.9 Å². The minimum atomic E-state index is 0. The van der Waals surface area contributed by atoms with Crippen LogP contribution < -0.4 is 24.4 Å². The zero-order valence-electron chi connectivity index (χ0n) is 19.4. The fraction of sp³-hybridized carbons (Fsp3) is 0.571. The van der Waals surface area contributed by atoms with Gasteiger partial charge < -0.3 is 29.3 Å². The molecule has 1 saturated heterocycles. The molecule has 0 amide bonds. The number of nitrogens with one attached hydrogen (secondary N) is 1. The summed E-state index contributed by atoms with van der Waals surface area (Å²) in [6.45, 7) is 8.96. The first-order valence-corrected chi connectivity index (χ1v) is 11.3. The van der Waals surface area contributed by atoms with E-state index in [9.17, 15) is 0 Å². The van der Waals surface area contributed by atoms with Gasteiger partial charge in [-0.05, 0) is 19.1 Å². The minimum Gasteiger partial charge on any atom is -0.493 e. The SMILES string of the molecule is CCNC(=NCc1ccc(OC)c(OC)c1OC)N1CCN(c2nc(CC)ns2)CC1.I. The number of hydrogen-bond donors (Lipinski definition) is 1. The maximum atomic E-state index is 5.60. The van der Waals surface area contributed by atoms with Crippen molar-refractivity contribution < 1.29 is 14.2 Å². The Balaban J connectivity index is 0.00000363. The van der Waals surface area contributed by atoms with Gasteiger partial charge in [0.25, 0.3) is 0 Å². The summed E-state index contributed by atoms with van der Waals surface area (Å²) in [7, 11) is 4.85. The largest absolute Gasteiger partial charge is 0.493 e. The Morgan fingerprint density at radius 3 is 2.34 bits per heavy atom. The van der Waals surface area contributed by atoms with Crippen molar-refractivity contribution in [2.24, 2.45) is 4.99 Å². The summed E-state index contributed by atoms with van der Waals surface area (Å²) >= 11 is 1.48. The van der Waals surface area contributed by atoms with Crippen molar-refractivity contribution in [1.82, 2.24) is 19.6 Å². The molecule has 2 heterocycles. The third-order valence-electron chi connectivity index (χ3n) is 5.14. The average Bonchev–Trinajstić information content (AvgIpc) is 3.30. The highest BCUT2D eigenvalue weighted by atomic mass is 127. The standard InChI is InChI=1S/C21H32N6O3S.HI/c1-6-17-24-21(31-25-17)27-12-10-26(11-13-27)20(22-7-2)23-14-15-8-9-16(28-3)19(30-5)18(15)29-4;/h8-9H,6-7,10-14H2,1-5H3,(H,22,23);1H. The predicted molar refractivity (Wildman–Crippen MR) is 139 cm³/mol. The van der Waals surface area contributed by atoms with Gasteiger partial charge in [-0.15, -0.1) is 24.0 Å². The van der Waals surface area contributed by atoms with Crippen molar-refractivity contribution >= 4 is 46.6 Å². The molecule has 0 atom stereocenters. The number of nitrogens with zero attached hydrogens (tertiary/aromatic N) is 5. The van der Waals surface area contributed by atoms with Crippen LogP contribution in [0, 0.1) is 0 Å². The van der Waals surface area contributed by atoms with Crippen LogP contribution in [-0.2, 0) is 13.0 Å². The van der Waals surface area contributed by atoms with Crippen LogP contribution in [0.3, 0.4) is 0 Å². The number of anilines is 1. The van der Waals surface area contributed by atoms with Crippen molar-refractivity contribution in [2.45, 2.75) is 26.8 Å². The van der Waals surface area contributed by atoms with Crippen LogP contribution in [0.5, 0.6) is 17.2 Å². The summed E-state index contributed by atoms with van der Waals surface area (Å²) in [5.41, 5.74) is 0.940. The first kappa shape index (κ1) is 26.2. The summed E-state index contributed by atoms with van der Waals surface area (Å²) < 4.78 is 20.9. The molecule has 0 radical (unpaired) electrons. The molecular weight excluding hydrogens is 543 g/mol. The number of hydrogen-bond acceptors (Lipinski definition) is 8. The first-order valence-electron chi connectivity index (χ1n) is 10.5. The van der Waals surface area contributed by atoms with Crippen LogP contribution in [-0.4, -0.2) is 74.3 Å². The molecule has 1 aliphatic rings. The van der Waals surface area contributed by atoms with Gasteiger partial charge in [-0.2, -0.15) is 4.37 Å². The summed E-state index contributed by atoms with van der Waals surface area (Å²) in [6.07, 6.45) is 0.868. The number of aliphatic imine (C=N–C) groups is 1. The molecule has 11 heteroatoms. The second-order valence-electron chi connectivity index (χ2n) is 6.98. The summed E-state index contributed by atoms with van der Waals surface area (Å²) in [5, 5.41) is 4.42. The van der Waals surface area contributed by atoms with Crippen molar-refractivity contribution in [3.05, 3.63) is 23.5 Å². The van der Waals surface area contributed by atoms with E-state index >= 15 is 0 Å². The Morgan fingerprint density at radius 2 is 1.78 bits per heavy atom. The highest BCUT2D eigenvalue weighted by molar-refractivity contribution is 14.0. The van der Waals surface area contributed by atoms with Crippen LogP contribution in [0.2, 0.25) is 0 Å². The Kier molecular flexibility index (Phi) is 10.6. The molecule has 0 aliphatic carbocycles. The fourth-order valence-electron chi connectivity index (χ4n) is 3.50. The topological polar surface area (TPSA) is 84.3 Å². The smallest absolute Gasteiger partial charge is 0.205 e. The summed E-state index contributed by atoms with van der Waals surface area (Å²) in [6, 6.07) is 3.84. The van der Waals surface area contributed by atoms with Gasteiger partial charge in [-0.3, -0.25) is 0 Å². The lowest BCUT2D eigenvalue weighted by Gasteiger charge is -2.36. The second kappa shape index (κ2) is 12.9. The average molecular weight is 577 g/mol. The molecular formula is C21H33IN6O3S. The van der Waals surface area contributed by atoms with Crippen LogP contribution in [0.15, 0.2) is 17.1 Å². The molecule has 3 rings (SSSR count). The quantitative estimate of drug-likeness (QED) is 0.292. The number of benzene rings is 1. The van der Waals surface area contributed by atoms with E-state index in [-0.39, 0.29) is 24.0 Å². The van der Waals surface area contributed by atoms with Crippen molar-refractivity contribution in [3.8, 4) is 17.2 Å². The number of ether oxygens (including phenoxy) is 3. The van der Waals surface area contributed by atoms with Crippen LogP contribution in [0.25, 0.3) is 0 Å². The molecule has 0 unspecified atom stereocenters.